The standard InChI is InChI=1S/C19H25N5O2/c1-14-12-17(18(25)21-13-16-4-3-11-26-16)23-19(22-14)24(2)10-7-15-5-8-20-9-6-15/h5-6,8-9,12,16H,3-4,7,10-11,13H2,1-2H3,(H,21,25). The predicted molar refractivity (Wildman–Crippen MR) is 99.3 cm³/mol. The number of anilines is 1. The zero-order valence-electron chi connectivity index (χ0n) is 15.3. The van der Waals surface area contributed by atoms with E-state index in [1.807, 2.05) is 31.0 Å². The predicted octanol–water partition coefficient (Wildman–Crippen LogP) is 1.77. The number of aryl methyl sites for hydroxylation is 1. The molecule has 1 atom stereocenters. The average Bonchev–Trinajstić information content (AvgIpc) is 3.18. The molecule has 0 saturated carbocycles. The van der Waals surface area contributed by atoms with E-state index < -0.39 is 0 Å². The Morgan fingerprint density at radius 2 is 2.15 bits per heavy atom. The number of rotatable bonds is 7. The van der Waals surface area contributed by atoms with Gasteiger partial charge in [0.05, 0.1) is 6.10 Å². The summed E-state index contributed by atoms with van der Waals surface area (Å²) in [5.41, 5.74) is 2.36. The van der Waals surface area contributed by atoms with E-state index in [1.165, 1.54) is 5.56 Å². The van der Waals surface area contributed by atoms with Crippen LogP contribution in [0.1, 0.15) is 34.6 Å². The fourth-order valence-corrected chi connectivity index (χ4v) is 2.89. The van der Waals surface area contributed by atoms with Gasteiger partial charge < -0.3 is 15.0 Å². The first-order valence-electron chi connectivity index (χ1n) is 8.97. The third-order valence-corrected chi connectivity index (χ3v) is 4.42. The highest BCUT2D eigenvalue weighted by Crippen LogP contribution is 2.12. The SMILES string of the molecule is Cc1cc(C(=O)NCC2CCCO2)nc(N(C)CCc2ccncc2)n1. The van der Waals surface area contributed by atoms with Crippen LogP contribution < -0.4 is 10.2 Å². The molecule has 1 fully saturated rings. The van der Waals surface area contributed by atoms with E-state index in [1.54, 1.807) is 18.5 Å². The summed E-state index contributed by atoms with van der Waals surface area (Å²) in [6.45, 7) is 3.93. The smallest absolute Gasteiger partial charge is 0.270 e. The molecule has 7 nitrogen and oxygen atoms in total. The molecule has 1 saturated heterocycles. The Hall–Kier alpha value is -2.54. The zero-order valence-corrected chi connectivity index (χ0v) is 15.3. The van der Waals surface area contributed by atoms with Crippen molar-refractivity contribution in [3.8, 4) is 0 Å². The fourth-order valence-electron chi connectivity index (χ4n) is 2.89. The van der Waals surface area contributed by atoms with Gasteiger partial charge in [0.2, 0.25) is 5.95 Å². The molecule has 0 radical (unpaired) electrons. The van der Waals surface area contributed by atoms with Crippen molar-refractivity contribution in [2.24, 2.45) is 0 Å². The first kappa shape index (κ1) is 18.3. The number of carbonyl (C=O) groups excluding carboxylic acids is 1. The molecular formula is C19H25N5O2. The van der Waals surface area contributed by atoms with Crippen molar-refractivity contribution in [3.05, 3.63) is 47.5 Å². The normalized spacial score (nSPS) is 16.5. The van der Waals surface area contributed by atoms with Crippen molar-refractivity contribution in [2.45, 2.75) is 32.3 Å². The van der Waals surface area contributed by atoms with Gasteiger partial charge in [-0.2, -0.15) is 0 Å². The van der Waals surface area contributed by atoms with Crippen LogP contribution in [0.15, 0.2) is 30.6 Å². The van der Waals surface area contributed by atoms with Crippen molar-refractivity contribution >= 4 is 11.9 Å². The van der Waals surface area contributed by atoms with Crippen molar-refractivity contribution < 1.29 is 9.53 Å². The monoisotopic (exact) mass is 355 g/mol. The van der Waals surface area contributed by atoms with Gasteiger partial charge in [-0.15, -0.1) is 0 Å². The van der Waals surface area contributed by atoms with E-state index in [2.05, 4.69) is 20.3 Å². The van der Waals surface area contributed by atoms with Gasteiger partial charge >= 0.3 is 0 Å². The molecule has 1 aliphatic rings. The molecular weight excluding hydrogens is 330 g/mol. The maximum absolute atomic E-state index is 12.4. The number of aromatic nitrogens is 3. The van der Waals surface area contributed by atoms with Crippen LogP contribution in [0.2, 0.25) is 0 Å². The summed E-state index contributed by atoms with van der Waals surface area (Å²) in [6.07, 6.45) is 6.59. The summed E-state index contributed by atoms with van der Waals surface area (Å²) < 4.78 is 5.54. The van der Waals surface area contributed by atoms with Gasteiger partial charge in [0.15, 0.2) is 0 Å². The number of amides is 1. The summed E-state index contributed by atoms with van der Waals surface area (Å²) in [5.74, 6) is 0.371. The molecule has 3 heterocycles. The Kier molecular flexibility index (Phi) is 6.12. The summed E-state index contributed by atoms with van der Waals surface area (Å²) in [4.78, 5) is 27.3. The molecule has 1 unspecified atom stereocenters. The second-order valence-electron chi connectivity index (χ2n) is 6.57. The minimum atomic E-state index is -0.185. The zero-order chi connectivity index (χ0) is 18.4. The molecule has 138 valence electrons. The molecule has 0 spiro atoms. The van der Waals surface area contributed by atoms with Crippen LogP contribution in [0.3, 0.4) is 0 Å². The molecule has 0 aromatic carbocycles. The van der Waals surface area contributed by atoms with Crippen molar-refractivity contribution in [2.75, 3.05) is 31.6 Å². The Bertz CT molecular complexity index is 732. The molecule has 0 aliphatic carbocycles. The second kappa shape index (κ2) is 8.71. The second-order valence-corrected chi connectivity index (χ2v) is 6.57. The molecule has 1 aliphatic heterocycles. The van der Waals surface area contributed by atoms with Gasteiger partial charge in [-0.3, -0.25) is 9.78 Å². The number of hydrogen-bond acceptors (Lipinski definition) is 6. The Balaban J connectivity index is 1.61. The lowest BCUT2D eigenvalue weighted by Crippen LogP contribution is -2.33. The van der Waals surface area contributed by atoms with Crippen LogP contribution in [0.4, 0.5) is 5.95 Å². The minimum Gasteiger partial charge on any atom is -0.376 e. The number of nitrogens with one attached hydrogen (secondary N) is 1. The molecule has 26 heavy (non-hydrogen) atoms. The van der Waals surface area contributed by atoms with Gasteiger partial charge in [-0.05, 0) is 49.9 Å². The quantitative estimate of drug-likeness (QED) is 0.815. The van der Waals surface area contributed by atoms with Crippen molar-refractivity contribution in [1.29, 1.82) is 0 Å². The number of hydrogen-bond donors (Lipinski definition) is 1. The highest BCUT2D eigenvalue weighted by atomic mass is 16.5. The van der Waals surface area contributed by atoms with Crippen molar-refractivity contribution in [3.63, 3.8) is 0 Å². The first-order chi connectivity index (χ1) is 12.6. The topological polar surface area (TPSA) is 80.2 Å². The lowest BCUT2D eigenvalue weighted by molar-refractivity contribution is 0.0853. The Morgan fingerprint density at radius 3 is 2.88 bits per heavy atom. The fraction of sp³-hybridized carbons (Fsp3) is 0.474. The lowest BCUT2D eigenvalue weighted by atomic mass is 10.2. The Labute approximate surface area is 153 Å². The molecule has 7 heteroatoms. The number of ether oxygens (including phenoxy) is 1. The van der Waals surface area contributed by atoms with E-state index in [-0.39, 0.29) is 12.0 Å². The van der Waals surface area contributed by atoms with E-state index in [4.69, 9.17) is 4.74 Å². The van der Waals surface area contributed by atoms with Gasteiger partial charge in [0, 0.05) is 44.8 Å². The minimum absolute atomic E-state index is 0.115. The molecule has 0 bridgehead atoms. The number of likely N-dealkylation sites (N-methyl/N-ethyl adjacent to an activating group) is 1. The van der Waals surface area contributed by atoms with E-state index in [9.17, 15) is 4.79 Å². The van der Waals surface area contributed by atoms with Crippen LogP contribution in [0.25, 0.3) is 0 Å². The maximum atomic E-state index is 12.4. The summed E-state index contributed by atoms with van der Waals surface area (Å²) in [7, 11) is 1.93. The van der Waals surface area contributed by atoms with Crippen LogP contribution in [0.5, 0.6) is 0 Å². The molecule has 3 rings (SSSR count). The largest absolute Gasteiger partial charge is 0.376 e. The molecule has 1 amide bonds. The third kappa shape index (κ3) is 4.98. The van der Waals surface area contributed by atoms with Crippen LogP contribution in [-0.2, 0) is 11.2 Å². The Morgan fingerprint density at radius 1 is 1.35 bits per heavy atom. The van der Waals surface area contributed by atoms with Crippen molar-refractivity contribution in [1.82, 2.24) is 20.3 Å². The van der Waals surface area contributed by atoms with Gasteiger partial charge in [-0.1, -0.05) is 0 Å². The van der Waals surface area contributed by atoms with Gasteiger partial charge in [0.1, 0.15) is 5.69 Å². The lowest BCUT2D eigenvalue weighted by Gasteiger charge is -2.18. The molecule has 2 aromatic heterocycles. The number of pyridine rings is 1. The number of carbonyl (C=O) groups is 1. The van der Waals surface area contributed by atoms with Crippen LogP contribution >= 0.6 is 0 Å². The van der Waals surface area contributed by atoms with Gasteiger partial charge in [-0.25, -0.2) is 9.97 Å². The molecule has 1 N–H and O–H groups in total. The van der Waals surface area contributed by atoms with Crippen LogP contribution in [0, 0.1) is 6.92 Å². The first-order valence-corrected chi connectivity index (χ1v) is 8.97. The highest BCUT2D eigenvalue weighted by molar-refractivity contribution is 5.92. The van der Waals surface area contributed by atoms with E-state index in [0.717, 1.165) is 38.1 Å². The summed E-state index contributed by atoms with van der Waals surface area (Å²) in [6, 6.07) is 5.70. The highest BCUT2D eigenvalue weighted by Gasteiger charge is 2.18. The van der Waals surface area contributed by atoms with E-state index in [0.29, 0.717) is 18.2 Å². The maximum Gasteiger partial charge on any atom is 0.270 e. The summed E-state index contributed by atoms with van der Waals surface area (Å²) >= 11 is 0. The summed E-state index contributed by atoms with van der Waals surface area (Å²) in [5, 5.41) is 2.91. The third-order valence-electron chi connectivity index (χ3n) is 4.42. The van der Waals surface area contributed by atoms with Gasteiger partial charge in [0.25, 0.3) is 5.91 Å². The van der Waals surface area contributed by atoms with Crippen LogP contribution in [-0.4, -0.2) is 53.7 Å². The van der Waals surface area contributed by atoms with E-state index >= 15 is 0 Å². The number of nitrogens with zero attached hydrogens (tertiary/aromatic N) is 4. The molecule has 2 aromatic rings. The average molecular weight is 355 g/mol.